The van der Waals surface area contributed by atoms with Gasteiger partial charge in [-0.3, -0.25) is 4.79 Å². The summed E-state index contributed by atoms with van der Waals surface area (Å²) in [5.41, 5.74) is 0.981. The minimum Gasteiger partial charge on any atom is -0.463 e. The van der Waals surface area contributed by atoms with Gasteiger partial charge in [0.05, 0.1) is 6.61 Å². The van der Waals surface area contributed by atoms with Crippen LogP contribution in [0.4, 0.5) is 0 Å². The Labute approximate surface area is 82.9 Å². The van der Waals surface area contributed by atoms with Gasteiger partial charge in [0.15, 0.2) is 0 Å². The van der Waals surface area contributed by atoms with Crippen molar-refractivity contribution in [3.05, 3.63) is 11.6 Å². The molecule has 1 rings (SSSR count). The van der Waals surface area contributed by atoms with Gasteiger partial charge >= 0.3 is 11.9 Å². The van der Waals surface area contributed by atoms with E-state index in [2.05, 4.69) is 0 Å². The summed E-state index contributed by atoms with van der Waals surface area (Å²) in [5.74, 6) is -0.589. The summed E-state index contributed by atoms with van der Waals surface area (Å²) < 4.78 is 9.67. The van der Waals surface area contributed by atoms with Crippen LogP contribution in [0.2, 0.25) is 0 Å². The highest BCUT2D eigenvalue weighted by atomic mass is 16.5. The second kappa shape index (κ2) is 4.79. The van der Waals surface area contributed by atoms with Crippen molar-refractivity contribution < 1.29 is 19.1 Å². The Bertz CT molecular complexity index is 259. The van der Waals surface area contributed by atoms with E-state index < -0.39 is 0 Å². The third-order valence-electron chi connectivity index (χ3n) is 1.92. The molecule has 1 aliphatic carbocycles. The maximum Gasteiger partial charge on any atom is 0.330 e. The first-order valence-electron chi connectivity index (χ1n) is 4.65. The number of hydrogen-bond acceptors (Lipinski definition) is 4. The summed E-state index contributed by atoms with van der Waals surface area (Å²) >= 11 is 0. The molecule has 1 saturated carbocycles. The third kappa shape index (κ3) is 3.20. The Balaban J connectivity index is 2.26. The van der Waals surface area contributed by atoms with E-state index in [4.69, 9.17) is 9.47 Å². The quantitative estimate of drug-likeness (QED) is 0.505. The van der Waals surface area contributed by atoms with Crippen molar-refractivity contribution in [3.63, 3.8) is 0 Å². The second-order valence-electron chi connectivity index (χ2n) is 3.19. The van der Waals surface area contributed by atoms with Crippen LogP contribution in [0.15, 0.2) is 11.6 Å². The molecular weight excluding hydrogens is 184 g/mol. The summed E-state index contributed by atoms with van der Waals surface area (Å²) in [7, 11) is 0. The molecule has 0 aromatic rings. The van der Waals surface area contributed by atoms with Crippen LogP contribution in [-0.4, -0.2) is 24.6 Å². The molecule has 0 bridgehead atoms. The fraction of sp³-hybridized carbons (Fsp3) is 0.600. The zero-order valence-corrected chi connectivity index (χ0v) is 8.41. The van der Waals surface area contributed by atoms with Gasteiger partial charge in [0.2, 0.25) is 0 Å². The van der Waals surface area contributed by atoms with Crippen LogP contribution in [0.3, 0.4) is 0 Å². The molecule has 0 saturated heterocycles. The van der Waals surface area contributed by atoms with Crippen molar-refractivity contribution in [2.24, 2.45) is 0 Å². The lowest BCUT2D eigenvalue weighted by Gasteiger charge is -2.28. The van der Waals surface area contributed by atoms with Crippen molar-refractivity contribution in [2.75, 3.05) is 6.61 Å². The lowest BCUT2D eigenvalue weighted by molar-refractivity contribution is -0.148. The average molecular weight is 198 g/mol. The van der Waals surface area contributed by atoms with E-state index in [1.165, 1.54) is 13.0 Å². The van der Waals surface area contributed by atoms with E-state index in [0.29, 0.717) is 19.4 Å². The van der Waals surface area contributed by atoms with Gasteiger partial charge in [-0.25, -0.2) is 4.79 Å². The summed E-state index contributed by atoms with van der Waals surface area (Å²) in [6.45, 7) is 3.53. The normalized spacial score (nSPS) is 19.6. The zero-order valence-electron chi connectivity index (χ0n) is 8.41. The number of ether oxygens (including phenoxy) is 2. The van der Waals surface area contributed by atoms with E-state index in [0.717, 1.165) is 5.57 Å². The van der Waals surface area contributed by atoms with E-state index in [1.54, 1.807) is 6.92 Å². The van der Waals surface area contributed by atoms with Crippen LogP contribution in [-0.2, 0) is 19.1 Å². The van der Waals surface area contributed by atoms with Crippen LogP contribution in [0.25, 0.3) is 0 Å². The fourth-order valence-corrected chi connectivity index (χ4v) is 1.31. The average Bonchev–Trinajstić information content (AvgIpc) is 2.00. The van der Waals surface area contributed by atoms with Gasteiger partial charge < -0.3 is 9.47 Å². The molecule has 0 aromatic carbocycles. The van der Waals surface area contributed by atoms with Gasteiger partial charge in [-0.1, -0.05) is 5.57 Å². The largest absolute Gasteiger partial charge is 0.463 e. The predicted octanol–water partition coefficient (Wildman–Crippen LogP) is 1.20. The van der Waals surface area contributed by atoms with Crippen molar-refractivity contribution in [1.82, 2.24) is 0 Å². The molecule has 0 radical (unpaired) electrons. The minimum absolute atomic E-state index is 0.0480. The predicted molar refractivity (Wildman–Crippen MR) is 49.5 cm³/mol. The maximum absolute atomic E-state index is 11.0. The van der Waals surface area contributed by atoms with Crippen molar-refractivity contribution >= 4 is 11.9 Å². The Morgan fingerprint density at radius 1 is 1.50 bits per heavy atom. The molecule has 0 unspecified atom stereocenters. The summed E-state index contributed by atoms with van der Waals surface area (Å²) in [6, 6.07) is 0. The molecule has 4 heteroatoms. The Morgan fingerprint density at radius 3 is 2.64 bits per heavy atom. The standard InChI is InChI=1S/C10H14O4/c1-3-13-10(12)6-8-4-9(5-8)14-7(2)11/h6,9H,3-5H2,1-2H3. The first-order chi connectivity index (χ1) is 6.61. The lowest BCUT2D eigenvalue weighted by atomic mass is 9.88. The highest BCUT2D eigenvalue weighted by Crippen LogP contribution is 2.29. The van der Waals surface area contributed by atoms with Crippen molar-refractivity contribution in [1.29, 1.82) is 0 Å². The highest BCUT2D eigenvalue weighted by molar-refractivity contribution is 5.83. The Kier molecular flexibility index (Phi) is 3.68. The molecule has 1 aliphatic rings. The zero-order chi connectivity index (χ0) is 10.6. The van der Waals surface area contributed by atoms with E-state index in [-0.39, 0.29) is 18.0 Å². The van der Waals surface area contributed by atoms with Gasteiger partial charge in [-0.15, -0.1) is 0 Å². The molecule has 0 spiro atoms. The molecular formula is C10H14O4. The van der Waals surface area contributed by atoms with Crippen LogP contribution in [0, 0.1) is 0 Å². The molecule has 0 atom stereocenters. The summed E-state index contributed by atoms with van der Waals surface area (Å²) in [6.07, 6.45) is 2.73. The van der Waals surface area contributed by atoms with Crippen LogP contribution in [0.5, 0.6) is 0 Å². The summed E-state index contributed by atoms with van der Waals surface area (Å²) in [4.78, 5) is 21.5. The SMILES string of the molecule is CCOC(=O)C=C1CC(OC(C)=O)C1. The topological polar surface area (TPSA) is 52.6 Å². The van der Waals surface area contributed by atoms with Gasteiger partial charge in [0.1, 0.15) is 6.10 Å². The molecule has 0 aliphatic heterocycles. The smallest absolute Gasteiger partial charge is 0.330 e. The minimum atomic E-state index is -0.316. The van der Waals surface area contributed by atoms with E-state index in [9.17, 15) is 9.59 Å². The highest BCUT2D eigenvalue weighted by Gasteiger charge is 2.26. The van der Waals surface area contributed by atoms with E-state index >= 15 is 0 Å². The first kappa shape index (κ1) is 10.8. The number of esters is 2. The second-order valence-corrected chi connectivity index (χ2v) is 3.19. The molecule has 0 heterocycles. The third-order valence-corrected chi connectivity index (χ3v) is 1.92. The fourth-order valence-electron chi connectivity index (χ4n) is 1.31. The van der Waals surface area contributed by atoms with Gasteiger partial charge in [-0.05, 0) is 6.92 Å². The lowest BCUT2D eigenvalue weighted by Crippen LogP contribution is -2.27. The molecule has 0 aromatic heterocycles. The number of carbonyl (C=O) groups is 2. The van der Waals surface area contributed by atoms with Crippen molar-refractivity contribution in [3.8, 4) is 0 Å². The molecule has 0 amide bonds. The monoisotopic (exact) mass is 198 g/mol. The van der Waals surface area contributed by atoms with Crippen LogP contribution in [0.1, 0.15) is 26.7 Å². The van der Waals surface area contributed by atoms with Gasteiger partial charge in [0, 0.05) is 25.8 Å². The molecule has 4 nitrogen and oxygen atoms in total. The van der Waals surface area contributed by atoms with Crippen LogP contribution < -0.4 is 0 Å². The van der Waals surface area contributed by atoms with Crippen LogP contribution >= 0.6 is 0 Å². The number of rotatable bonds is 3. The molecule has 78 valence electrons. The molecule has 0 N–H and O–H groups in total. The van der Waals surface area contributed by atoms with E-state index in [1.807, 2.05) is 0 Å². The first-order valence-corrected chi connectivity index (χ1v) is 4.65. The molecule has 14 heavy (non-hydrogen) atoms. The maximum atomic E-state index is 11.0. The Hall–Kier alpha value is -1.32. The Morgan fingerprint density at radius 2 is 2.14 bits per heavy atom. The number of carbonyl (C=O) groups excluding carboxylic acids is 2. The van der Waals surface area contributed by atoms with Gasteiger partial charge in [-0.2, -0.15) is 0 Å². The number of hydrogen-bond donors (Lipinski definition) is 0. The summed E-state index contributed by atoms with van der Waals surface area (Å²) in [5, 5.41) is 0. The van der Waals surface area contributed by atoms with Crippen molar-refractivity contribution in [2.45, 2.75) is 32.8 Å². The molecule has 1 fully saturated rings. The van der Waals surface area contributed by atoms with Gasteiger partial charge in [0.25, 0.3) is 0 Å².